The molecule has 2 saturated heterocycles. The molecule has 2 aliphatic heterocycles. The van der Waals surface area contributed by atoms with Gasteiger partial charge in [0.15, 0.2) is 0 Å². The average Bonchev–Trinajstić information content (AvgIpc) is 3.05. The molecule has 162 valence electrons. The molecule has 8 heteroatoms. The molecule has 3 atom stereocenters. The molecule has 0 spiro atoms. The van der Waals surface area contributed by atoms with Crippen molar-refractivity contribution >= 4 is 27.7 Å². The summed E-state index contributed by atoms with van der Waals surface area (Å²) in [4.78, 5) is 21.5. The first-order chi connectivity index (χ1) is 15.0. The lowest BCUT2D eigenvalue weighted by Crippen LogP contribution is -2.56. The number of nitriles is 1. The van der Waals surface area contributed by atoms with Gasteiger partial charge in [-0.25, -0.2) is 9.37 Å². The molecule has 2 bridgehead atoms. The smallest absolute Gasteiger partial charge is 0.248 e. The van der Waals surface area contributed by atoms with E-state index in [0.717, 1.165) is 24.2 Å². The highest BCUT2D eigenvalue weighted by Gasteiger charge is 2.42. The highest BCUT2D eigenvalue weighted by Crippen LogP contribution is 2.34. The van der Waals surface area contributed by atoms with Crippen LogP contribution in [0.15, 0.2) is 41.0 Å². The highest BCUT2D eigenvalue weighted by atomic mass is 79.9. The summed E-state index contributed by atoms with van der Waals surface area (Å²) in [6.07, 6.45) is 4.05. The molecule has 1 aromatic carbocycles. The second-order valence-electron chi connectivity index (χ2n) is 7.99. The Morgan fingerprint density at radius 3 is 2.65 bits per heavy atom. The fraction of sp³-hybridized carbons (Fsp3) is 0.435. The SMILES string of the molecule is CCC(OCC(=O)N1CC2CC[C@@H](C1)N2c1ccc(C#N)cn1)c1ccc(F)c(Br)c1. The lowest BCUT2D eigenvalue weighted by atomic mass is 10.1. The number of halogens is 2. The summed E-state index contributed by atoms with van der Waals surface area (Å²) in [5.41, 5.74) is 1.39. The third-order valence-corrected chi connectivity index (χ3v) is 6.68. The molecule has 0 saturated carbocycles. The number of ether oxygens (including phenoxy) is 1. The molecule has 2 aliphatic rings. The maximum atomic E-state index is 13.5. The molecule has 3 heterocycles. The van der Waals surface area contributed by atoms with Crippen molar-refractivity contribution in [3.8, 4) is 6.07 Å². The standard InChI is InChI=1S/C23H24BrFN4O2/c1-2-21(16-4-7-20(25)19(24)9-16)31-14-23(30)28-12-17-5-6-18(13-28)29(17)22-8-3-15(10-26)11-27-22/h3-4,7-9,11,17-18,21H,2,5-6,12-14H2,1H3/t17-,18?,21?/m0/s1. The third-order valence-electron chi connectivity index (χ3n) is 6.07. The van der Waals surface area contributed by atoms with Gasteiger partial charge < -0.3 is 14.5 Å². The van der Waals surface area contributed by atoms with E-state index in [1.165, 1.54) is 6.07 Å². The van der Waals surface area contributed by atoms with Crippen LogP contribution in [0.2, 0.25) is 0 Å². The van der Waals surface area contributed by atoms with Gasteiger partial charge in [0.2, 0.25) is 5.91 Å². The number of nitrogens with zero attached hydrogens (tertiary/aromatic N) is 4. The van der Waals surface area contributed by atoms with E-state index < -0.39 is 0 Å². The van der Waals surface area contributed by atoms with Crippen molar-refractivity contribution in [3.63, 3.8) is 0 Å². The number of pyridine rings is 1. The van der Waals surface area contributed by atoms with Gasteiger partial charge in [-0.1, -0.05) is 13.0 Å². The summed E-state index contributed by atoms with van der Waals surface area (Å²) in [5.74, 6) is 0.520. The Morgan fingerprint density at radius 2 is 2.06 bits per heavy atom. The Labute approximate surface area is 189 Å². The van der Waals surface area contributed by atoms with Crippen LogP contribution in [0.5, 0.6) is 0 Å². The van der Waals surface area contributed by atoms with Crippen molar-refractivity contribution in [2.45, 2.75) is 44.4 Å². The minimum absolute atomic E-state index is 0.00204. The maximum absolute atomic E-state index is 13.5. The summed E-state index contributed by atoms with van der Waals surface area (Å²) in [7, 11) is 0. The Kier molecular flexibility index (Phi) is 6.54. The number of carbonyl (C=O) groups is 1. The molecule has 0 N–H and O–H groups in total. The molecule has 31 heavy (non-hydrogen) atoms. The largest absolute Gasteiger partial charge is 0.364 e. The minimum Gasteiger partial charge on any atom is -0.364 e. The van der Waals surface area contributed by atoms with E-state index in [4.69, 9.17) is 10.00 Å². The number of benzene rings is 1. The third kappa shape index (κ3) is 4.58. The van der Waals surface area contributed by atoms with E-state index in [1.807, 2.05) is 17.9 Å². The van der Waals surface area contributed by atoms with Gasteiger partial charge in [0.1, 0.15) is 24.3 Å². The summed E-state index contributed by atoms with van der Waals surface area (Å²) in [6.45, 7) is 3.26. The van der Waals surface area contributed by atoms with Gasteiger partial charge in [0.05, 0.1) is 16.1 Å². The number of carbonyl (C=O) groups excluding carboxylic acids is 1. The van der Waals surface area contributed by atoms with Gasteiger partial charge in [-0.3, -0.25) is 4.79 Å². The van der Waals surface area contributed by atoms with Gasteiger partial charge in [-0.05, 0) is 65.0 Å². The summed E-state index contributed by atoms with van der Waals surface area (Å²) >= 11 is 3.21. The van der Waals surface area contributed by atoms with Crippen molar-refractivity contribution < 1.29 is 13.9 Å². The molecule has 1 aromatic heterocycles. The molecule has 2 fully saturated rings. The zero-order valence-corrected chi connectivity index (χ0v) is 18.9. The number of likely N-dealkylation sites (tertiary alicyclic amines) is 1. The first-order valence-corrected chi connectivity index (χ1v) is 11.3. The van der Waals surface area contributed by atoms with E-state index in [-0.39, 0.29) is 36.5 Å². The second kappa shape index (κ2) is 9.33. The number of fused-ring (bicyclic) bond motifs is 2. The molecule has 6 nitrogen and oxygen atoms in total. The van der Waals surface area contributed by atoms with Crippen molar-refractivity contribution in [3.05, 3.63) is 57.9 Å². The average molecular weight is 487 g/mol. The molecule has 0 aliphatic carbocycles. The second-order valence-corrected chi connectivity index (χ2v) is 8.84. The normalized spacial score (nSPS) is 21.1. The molecule has 1 amide bonds. The van der Waals surface area contributed by atoms with Crippen LogP contribution in [0.4, 0.5) is 10.2 Å². The van der Waals surface area contributed by atoms with E-state index in [0.29, 0.717) is 29.5 Å². The number of anilines is 1. The Hall–Kier alpha value is -2.50. The Bertz CT molecular complexity index is 980. The van der Waals surface area contributed by atoms with Crippen LogP contribution in [0.1, 0.15) is 43.4 Å². The lowest BCUT2D eigenvalue weighted by molar-refractivity contribution is -0.139. The minimum atomic E-state index is -0.320. The molecular weight excluding hydrogens is 463 g/mol. The summed E-state index contributed by atoms with van der Waals surface area (Å²) in [5, 5.41) is 8.98. The fourth-order valence-electron chi connectivity index (χ4n) is 4.51. The summed E-state index contributed by atoms with van der Waals surface area (Å²) in [6, 6.07) is 11.0. The number of rotatable bonds is 6. The van der Waals surface area contributed by atoms with Crippen molar-refractivity contribution in [1.29, 1.82) is 5.26 Å². The van der Waals surface area contributed by atoms with Gasteiger partial charge in [-0.15, -0.1) is 0 Å². The van der Waals surface area contributed by atoms with Crippen molar-refractivity contribution in [2.75, 3.05) is 24.6 Å². The number of amides is 1. The summed E-state index contributed by atoms with van der Waals surface area (Å²) < 4.78 is 19.8. The first kappa shape index (κ1) is 21.7. The predicted molar refractivity (Wildman–Crippen MR) is 118 cm³/mol. The van der Waals surface area contributed by atoms with E-state index in [1.54, 1.807) is 24.4 Å². The van der Waals surface area contributed by atoms with Crippen LogP contribution in [0.25, 0.3) is 0 Å². The Balaban J connectivity index is 1.37. The van der Waals surface area contributed by atoms with Crippen LogP contribution in [0, 0.1) is 17.1 Å². The van der Waals surface area contributed by atoms with Gasteiger partial charge >= 0.3 is 0 Å². The van der Waals surface area contributed by atoms with Crippen LogP contribution in [-0.2, 0) is 9.53 Å². The molecule has 2 aromatic rings. The van der Waals surface area contributed by atoms with E-state index in [9.17, 15) is 9.18 Å². The maximum Gasteiger partial charge on any atom is 0.248 e. The zero-order chi connectivity index (χ0) is 22.0. The highest BCUT2D eigenvalue weighted by molar-refractivity contribution is 9.10. The van der Waals surface area contributed by atoms with Crippen LogP contribution in [-0.4, -0.2) is 47.6 Å². The lowest BCUT2D eigenvalue weighted by Gasteiger charge is -2.41. The number of hydrogen-bond donors (Lipinski definition) is 0. The van der Waals surface area contributed by atoms with Crippen LogP contribution < -0.4 is 4.90 Å². The van der Waals surface area contributed by atoms with Crippen LogP contribution >= 0.6 is 15.9 Å². The number of piperazine rings is 1. The molecule has 2 unspecified atom stereocenters. The fourth-order valence-corrected chi connectivity index (χ4v) is 4.91. The molecular formula is C23H24BrFN4O2. The van der Waals surface area contributed by atoms with E-state index >= 15 is 0 Å². The monoisotopic (exact) mass is 486 g/mol. The van der Waals surface area contributed by atoms with Crippen LogP contribution in [0.3, 0.4) is 0 Å². The van der Waals surface area contributed by atoms with Crippen molar-refractivity contribution in [1.82, 2.24) is 9.88 Å². The molecule has 4 rings (SSSR count). The van der Waals surface area contributed by atoms with Gasteiger partial charge in [0.25, 0.3) is 0 Å². The quantitative estimate of drug-likeness (QED) is 0.611. The Morgan fingerprint density at radius 1 is 1.32 bits per heavy atom. The van der Waals surface area contributed by atoms with Gasteiger partial charge in [0, 0.05) is 31.4 Å². The first-order valence-electron chi connectivity index (χ1n) is 10.5. The van der Waals surface area contributed by atoms with Crippen molar-refractivity contribution in [2.24, 2.45) is 0 Å². The zero-order valence-electron chi connectivity index (χ0n) is 17.3. The molecule has 0 radical (unpaired) electrons. The predicted octanol–water partition coefficient (Wildman–Crippen LogP) is 4.20. The number of hydrogen-bond acceptors (Lipinski definition) is 5. The number of aromatic nitrogens is 1. The van der Waals surface area contributed by atoms with Gasteiger partial charge in [-0.2, -0.15) is 5.26 Å². The van der Waals surface area contributed by atoms with E-state index in [2.05, 4.69) is 31.9 Å². The topological polar surface area (TPSA) is 69.5 Å².